The van der Waals surface area contributed by atoms with Crippen molar-refractivity contribution >= 4 is 6.47 Å². The van der Waals surface area contributed by atoms with Gasteiger partial charge in [-0.05, 0) is 19.4 Å². The number of hydrogen-bond donors (Lipinski definition) is 0. The molecule has 1 aromatic rings. The first-order chi connectivity index (χ1) is 5.74. The maximum absolute atomic E-state index is 10.0. The summed E-state index contributed by atoms with van der Waals surface area (Å²) in [6, 6.07) is 7.92. The molecule has 0 saturated carbocycles. The van der Waals surface area contributed by atoms with E-state index in [1.165, 1.54) is 5.56 Å². The van der Waals surface area contributed by atoms with Gasteiger partial charge in [0.1, 0.15) is 6.10 Å². The van der Waals surface area contributed by atoms with Crippen LogP contribution in [0.5, 0.6) is 0 Å². The van der Waals surface area contributed by atoms with Crippen molar-refractivity contribution in [2.75, 3.05) is 0 Å². The van der Waals surface area contributed by atoms with Gasteiger partial charge in [0.25, 0.3) is 6.47 Å². The molecule has 0 unspecified atom stereocenters. The molecule has 0 amide bonds. The van der Waals surface area contributed by atoms with Gasteiger partial charge in [0.2, 0.25) is 0 Å². The third-order valence-electron chi connectivity index (χ3n) is 1.81. The highest BCUT2D eigenvalue weighted by Gasteiger charge is 2.03. The monoisotopic (exact) mass is 164 g/mol. The number of hydrogen-bond acceptors (Lipinski definition) is 2. The van der Waals surface area contributed by atoms with E-state index < -0.39 is 0 Å². The Bertz CT molecular complexity index is 251. The highest BCUT2D eigenvalue weighted by atomic mass is 16.5. The maximum Gasteiger partial charge on any atom is 0.293 e. The normalized spacial score (nSPS) is 12.2. The second kappa shape index (κ2) is 3.90. The zero-order valence-corrected chi connectivity index (χ0v) is 7.28. The van der Waals surface area contributed by atoms with E-state index in [1.807, 2.05) is 38.1 Å². The average molecular weight is 164 g/mol. The first-order valence-electron chi connectivity index (χ1n) is 3.89. The van der Waals surface area contributed by atoms with E-state index in [2.05, 4.69) is 0 Å². The summed E-state index contributed by atoms with van der Waals surface area (Å²) in [5.41, 5.74) is 2.23. The molecule has 0 aromatic heterocycles. The van der Waals surface area contributed by atoms with Gasteiger partial charge >= 0.3 is 0 Å². The number of rotatable bonds is 3. The Balaban J connectivity index is 2.74. The van der Waals surface area contributed by atoms with Crippen LogP contribution in [0.1, 0.15) is 24.2 Å². The highest BCUT2D eigenvalue weighted by Crippen LogP contribution is 2.15. The Morgan fingerprint density at radius 3 is 2.42 bits per heavy atom. The SMILES string of the molecule is Cc1ccc([C@@H](C)OC=O)cc1. The summed E-state index contributed by atoms with van der Waals surface area (Å²) in [7, 11) is 0. The molecule has 0 heterocycles. The minimum atomic E-state index is -0.150. The first kappa shape index (κ1) is 8.78. The largest absolute Gasteiger partial charge is 0.460 e. The number of carbonyl (C=O) groups excluding carboxylic acids is 1. The van der Waals surface area contributed by atoms with Crippen molar-refractivity contribution in [3.8, 4) is 0 Å². The molecule has 0 aliphatic carbocycles. The molecule has 2 heteroatoms. The lowest BCUT2D eigenvalue weighted by Crippen LogP contribution is -1.97. The average Bonchev–Trinajstić information content (AvgIpc) is 2.06. The van der Waals surface area contributed by atoms with Gasteiger partial charge in [-0.2, -0.15) is 0 Å². The molecule has 0 bridgehead atoms. The van der Waals surface area contributed by atoms with Gasteiger partial charge in [-0.25, -0.2) is 0 Å². The summed E-state index contributed by atoms with van der Waals surface area (Å²) < 4.78 is 4.79. The van der Waals surface area contributed by atoms with Crippen LogP contribution in [0, 0.1) is 6.92 Å². The van der Waals surface area contributed by atoms with Crippen LogP contribution in [0.15, 0.2) is 24.3 Å². The summed E-state index contributed by atoms with van der Waals surface area (Å²) in [5, 5.41) is 0. The van der Waals surface area contributed by atoms with Gasteiger partial charge in [0.05, 0.1) is 0 Å². The highest BCUT2D eigenvalue weighted by molar-refractivity contribution is 5.38. The lowest BCUT2D eigenvalue weighted by Gasteiger charge is -2.09. The van der Waals surface area contributed by atoms with Crippen LogP contribution in [0.4, 0.5) is 0 Å². The molecule has 0 radical (unpaired) electrons. The predicted molar refractivity (Wildman–Crippen MR) is 46.7 cm³/mol. The van der Waals surface area contributed by atoms with Crippen molar-refractivity contribution in [1.82, 2.24) is 0 Å². The predicted octanol–water partition coefficient (Wildman–Crippen LogP) is 2.23. The third kappa shape index (κ3) is 2.09. The van der Waals surface area contributed by atoms with Crippen molar-refractivity contribution in [2.45, 2.75) is 20.0 Å². The molecular formula is C10H12O2. The van der Waals surface area contributed by atoms with Crippen LogP contribution < -0.4 is 0 Å². The summed E-state index contributed by atoms with van der Waals surface area (Å²) in [6.45, 7) is 4.35. The second-order valence-corrected chi connectivity index (χ2v) is 2.79. The van der Waals surface area contributed by atoms with E-state index in [0.717, 1.165) is 5.56 Å². The number of ether oxygens (including phenoxy) is 1. The summed E-state index contributed by atoms with van der Waals surface area (Å²) >= 11 is 0. The molecule has 0 spiro atoms. The maximum atomic E-state index is 10.0. The summed E-state index contributed by atoms with van der Waals surface area (Å²) in [6.07, 6.45) is -0.150. The smallest absolute Gasteiger partial charge is 0.293 e. The van der Waals surface area contributed by atoms with Crippen molar-refractivity contribution in [2.24, 2.45) is 0 Å². The minimum Gasteiger partial charge on any atom is -0.460 e. The molecule has 1 aromatic carbocycles. The van der Waals surface area contributed by atoms with Crippen molar-refractivity contribution in [3.05, 3.63) is 35.4 Å². The Hall–Kier alpha value is -1.31. The quantitative estimate of drug-likeness (QED) is 0.640. The van der Waals surface area contributed by atoms with Gasteiger partial charge in [-0.3, -0.25) is 4.79 Å². The Kier molecular flexibility index (Phi) is 2.86. The van der Waals surface area contributed by atoms with Crippen LogP contribution in [-0.2, 0) is 9.53 Å². The number of benzene rings is 1. The summed E-state index contributed by atoms with van der Waals surface area (Å²) in [5.74, 6) is 0. The van der Waals surface area contributed by atoms with Gasteiger partial charge < -0.3 is 4.74 Å². The molecule has 12 heavy (non-hydrogen) atoms. The van der Waals surface area contributed by atoms with Crippen LogP contribution >= 0.6 is 0 Å². The standard InChI is InChI=1S/C10H12O2/c1-8-3-5-10(6-4-8)9(2)12-7-11/h3-7,9H,1-2H3/t9-/m1/s1. The van der Waals surface area contributed by atoms with Gasteiger partial charge in [0, 0.05) is 0 Å². The minimum absolute atomic E-state index is 0.150. The molecule has 2 nitrogen and oxygen atoms in total. The Morgan fingerprint density at radius 1 is 1.33 bits per heavy atom. The van der Waals surface area contributed by atoms with E-state index in [0.29, 0.717) is 6.47 Å². The van der Waals surface area contributed by atoms with E-state index in [1.54, 1.807) is 0 Å². The van der Waals surface area contributed by atoms with Crippen LogP contribution in [0.2, 0.25) is 0 Å². The fourth-order valence-electron chi connectivity index (χ4n) is 0.999. The zero-order valence-electron chi connectivity index (χ0n) is 7.28. The third-order valence-corrected chi connectivity index (χ3v) is 1.81. The summed E-state index contributed by atoms with van der Waals surface area (Å²) in [4.78, 5) is 10.0. The van der Waals surface area contributed by atoms with Gasteiger partial charge in [0.15, 0.2) is 0 Å². The Morgan fingerprint density at radius 2 is 1.92 bits per heavy atom. The lowest BCUT2D eigenvalue weighted by molar-refractivity contribution is -0.133. The topological polar surface area (TPSA) is 26.3 Å². The first-order valence-corrected chi connectivity index (χ1v) is 3.89. The van der Waals surface area contributed by atoms with Crippen molar-refractivity contribution < 1.29 is 9.53 Å². The fraction of sp³-hybridized carbons (Fsp3) is 0.300. The molecule has 1 rings (SSSR count). The molecule has 64 valence electrons. The van der Waals surface area contributed by atoms with Gasteiger partial charge in [-0.15, -0.1) is 0 Å². The van der Waals surface area contributed by atoms with Crippen molar-refractivity contribution in [3.63, 3.8) is 0 Å². The van der Waals surface area contributed by atoms with Crippen LogP contribution in [0.25, 0.3) is 0 Å². The molecule has 0 N–H and O–H groups in total. The molecule has 0 fully saturated rings. The lowest BCUT2D eigenvalue weighted by atomic mass is 10.1. The fourth-order valence-corrected chi connectivity index (χ4v) is 0.999. The van der Waals surface area contributed by atoms with Crippen molar-refractivity contribution in [1.29, 1.82) is 0 Å². The molecular weight excluding hydrogens is 152 g/mol. The van der Waals surface area contributed by atoms with E-state index in [9.17, 15) is 4.79 Å². The number of carbonyl (C=O) groups is 1. The molecule has 0 aliphatic rings. The second-order valence-electron chi connectivity index (χ2n) is 2.79. The van der Waals surface area contributed by atoms with Crippen LogP contribution in [-0.4, -0.2) is 6.47 Å². The number of aryl methyl sites for hydroxylation is 1. The zero-order chi connectivity index (χ0) is 8.97. The van der Waals surface area contributed by atoms with Crippen LogP contribution in [0.3, 0.4) is 0 Å². The van der Waals surface area contributed by atoms with E-state index in [4.69, 9.17) is 4.74 Å². The molecule has 0 saturated heterocycles. The van der Waals surface area contributed by atoms with E-state index >= 15 is 0 Å². The molecule has 1 atom stereocenters. The van der Waals surface area contributed by atoms with Gasteiger partial charge in [-0.1, -0.05) is 29.8 Å². The Labute approximate surface area is 72.2 Å². The van der Waals surface area contributed by atoms with E-state index in [-0.39, 0.29) is 6.10 Å². The molecule has 0 aliphatic heterocycles.